The maximum Gasteiger partial charge on any atom is 0.219 e. The number of hydrogen-bond acceptors (Lipinski definition) is 1. The van der Waals surface area contributed by atoms with Crippen molar-refractivity contribution in [3.05, 3.63) is 21.8 Å². The quantitative estimate of drug-likeness (QED) is 0.544. The predicted molar refractivity (Wildman–Crippen MR) is 85.7 cm³/mol. The van der Waals surface area contributed by atoms with E-state index in [9.17, 15) is 4.79 Å². The lowest BCUT2D eigenvalue weighted by molar-refractivity contribution is -0.129. The second-order valence-corrected chi connectivity index (χ2v) is 6.75. The number of carbonyl (C=O) groups excluding carboxylic acids is 1. The largest absolute Gasteiger partial charge is 0.337 e. The number of rotatable bonds is 4. The van der Waals surface area contributed by atoms with Gasteiger partial charge in [-0.1, -0.05) is 25.2 Å². The lowest BCUT2D eigenvalue weighted by Gasteiger charge is -2.25. The van der Waals surface area contributed by atoms with E-state index in [2.05, 4.69) is 61.6 Å². The monoisotopic (exact) mass is 361 g/mol. The number of halogens is 1. The zero-order valence-electron chi connectivity index (χ0n) is 11.8. The van der Waals surface area contributed by atoms with Crippen LogP contribution in [0.4, 0.5) is 0 Å². The van der Waals surface area contributed by atoms with Gasteiger partial charge in [-0.25, -0.2) is 0 Å². The Labute approximate surface area is 125 Å². The molecule has 3 heteroatoms. The molecule has 2 nitrogen and oxygen atoms in total. The summed E-state index contributed by atoms with van der Waals surface area (Å²) < 4.78 is 1.48. The summed E-state index contributed by atoms with van der Waals surface area (Å²) in [4.78, 5) is 13.3. The predicted octanol–water partition coefficient (Wildman–Crippen LogP) is 4.16. The van der Waals surface area contributed by atoms with Crippen molar-refractivity contribution in [1.29, 1.82) is 0 Å². The van der Waals surface area contributed by atoms with Crippen LogP contribution in [0.5, 0.6) is 0 Å². The maximum atomic E-state index is 11.5. The third-order valence-corrected chi connectivity index (χ3v) is 4.45. The van der Waals surface area contributed by atoms with Crippen molar-refractivity contribution in [2.24, 2.45) is 11.8 Å². The van der Waals surface area contributed by atoms with Crippen LogP contribution in [0, 0.1) is 11.8 Å². The molecule has 0 saturated carbocycles. The second-order valence-electron chi connectivity index (χ2n) is 5.37. The number of nitrogens with zero attached hydrogens (tertiary/aromatic N) is 1. The minimum absolute atomic E-state index is 0.154. The lowest BCUT2D eigenvalue weighted by Crippen LogP contribution is -2.35. The Morgan fingerprint density at radius 3 is 2.78 bits per heavy atom. The van der Waals surface area contributed by atoms with Crippen molar-refractivity contribution in [1.82, 2.24) is 4.90 Å². The Morgan fingerprint density at radius 1 is 1.61 bits per heavy atom. The van der Waals surface area contributed by atoms with Gasteiger partial charge >= 0.3 is 0 Å². The van der Waals surface area contributed by atoms with E-state index < -0.39 is 0 Å². The van der Waals surface area contributed by atoms with Gasteiger partial charge < -0.3 is 4.90 Å². The van der Waals surface area contributed by atoms with Crippen LogP contribution < -0.4 is 0 Å². The SMILES string of the molecule is CC(=O)N(C/C=C\C1CCC(I)=CC1C)C(C)C. The van der Waals surface area contributed by atoms with Crippen LogP contribution in [0.15, 0.2) is 21.8 Å². The molecule has 1 aliphatic carbocycles. The Bertz CT molecular complexity index is 346. The number of allylic oxidation sites excluding steroid dienone is 3. The van der Waals surface area contributed by atoms with Crippen LogP contribution in [0.25, 0.3) is 0 Å². The first-order valence-electron chi connectivity index (χ1n) is 6.72. The molecule has 0 heterocycles. The van der Waals surface area contributed by atoms with Crippen LogP contribution in [0.2, 0.25) is 0 Å². The molecule has 0 bridgehead atoms. The highest BCUT2D eigenvalue weighted by Crippen LogP contribution is 2.32. The molecule has 0 aromatic heterocycles. The first-order valence-corrected chi connectivity index (χ1v) is 7.79. The highest BCUT2D eigenvalue weighted by molar-refractivity contribution is 14.1. The average molecular weight is 361 g/mol. The number of hydrogen-bond donors (Lipinski definition) is 0. The highest BCUT2D eigenvalue weighted by atomic mass is 127. The van der Waals surface area contributed by atoms with Crippen molar-refractivity contribution in [3.8, 4) is 0 Å². The van der Waals surface area contributed by atoms with Crippen LogP contribution in [0.3, 0.4) is 0 Å². The third kappa shape index (κ3) is 4.75. The van der Waals surface area contributed by atoms with Gasteiger partial charge in [0.25, 0.3) is 0 Å². The molecule has 0 N–H and O–H groups in total. The molecular formula is C15H24INO. The van der Waals surface area contributed by atoms with Crippen LogP contribution in [0.1, 0.15) is 40.5 Å². The molecule has 18 heavy (non-hydrogen) atoms. The number of amides is 1. The van der Waals surface area contributed by atoms with Crippen molar-refractivity contribution in [2.45, 2.75) is 46.6 Å². The molecule has 2 atom stereocenters. The summed E-state index contributed by atoms with van der Waals surface area (Å²) in [6.07, 6.45) is 9.25. The van der Waals surface area contributed by atoms with Crippen molar-refractivity contribution in [2.75, 3.05) is 6.54 Å². The second kappa shape index (κ2) is 7.31. The van der Waals surface area contributed by atoms with Gasteiger partial charge in [-0.2, -0.15) is 0 Å². The molecule has 1 amide bonds. The summed E-state index contributed by atoms with van der Waals surface area (Å²) >= 11 is 2.43. The number of carbonyl (C=O) groups is 1. The van der Waals surface area contributed by atoms with Crippen LogP contribution in [-0.2, 0) is 4.79 Å². The average Bonchev–Trinajstić information content (AvgIpc) is 2.25. The van der Waals surface area contributed by atoms with Gasteiger partial charge in [-0.05, 0) is 64.7 Å². The van der Waals surface area contributed by atoms with E-state index >= 15 is 0 Å². The topological polar surface area (TPSA) is 20.3 Å². The van der Waals surface area contributed by atoms with Gasteiger partial charge in [0.1, 0.15) is 0 Å². The zero-order valence-corrected chi connectivity index (χ0v) is 14.0. The molecule has 0 radical (unpaired) electrons. The normalized spacial score (nSPS) is 24.4. The van der Waals surface area contributed by atoms with Gasteiger partial charge in [0, 0.05) is 19.5 Å². The highest BCUT2D eigenvalue weighted by Gasteiger charge is 2.18. The summed E-state index contributed by atoms with van der Waals surface area (Å²) in [7, 11) is 0. The molecule has 0 spiro atoms. The minimum Gasteiger partial charge on any atom is -0.337 e. The Kier molecular flexibility index (Phi) is 6.39. The van der Waals surface area contributed by atoms with Crippen molar-refractivity contribution < 1.29 is 4.79 Å². The summed E-state index contributed by atoms with van der Waals surface area (Å²) in [5, 5.41) is 0. The van der Waals surface area contributed by atoms with E-state index in [4.69, 9.17) is 0 Å². The molecule has 0 aromatic rings. The molecule has 1 aliphatic rings. The Hall–Kier alpha value is -0.320. The lowest BCUT2D eigenvalue weighted by atomic mass is 9.85. The maximum absolute atomic E-state index is 11.5. The van der Waals surface area contributed by atoms with E-state index in [0.717, 1.165) is 6.54 Å². The van der Waals surface area contributed by atoms with E-state index in [0.29, 0.717) is 11.8 Å². The van der Waals surface area contributed by atoms with Gasteiger partial charge in [-0.15, -0.1) is 0 Å². The van der Waals surface area contributed by atoms with Crippen molar-refractivity contribution >= 4 is 28.5 Å². The van der Waals surface area contributed by atoms with Gasteiger partial charge in [0.05, 0.1) is 0 Å². The Morgan fingerprint density at radius 2 is 2.28 bits per heavy atom. The molecule has 0 aromatic carbocycles. The third-order valence-electron chi connectivity index (χ3n) is 3.55. The standard InChI is InChI=1S/C15H24INO/c1-11(2)17(13(4)18)9-5-6-14-7-8-15(16)10-12(14)3/h5-6,10-12,14H,7-9H2,1-4H3/b6-5-. The van der Waals surface area contributed by atoms with Crippen LogP contribution >= 0.6 is 22.6 Å². The summed E-state index contributed by atoms with van der Waals surface area (Å²) in [6.45, 7) is 8.77. The molecule has 2 unspecified atom stereocenters. The summed E-state index contributed by atoms with van der Waals surface area (Å²) in [5.74, 6) is 1.40. The zero-order chi connectivity index (χ0) is 13.7. The smallest absolute Gasteiger partial charge is 0.219 e. The fourth-order valence-electron chi connectivity index (χ4n) is 2.38. The van der Waals surface area contributed by atoms with Gasteiger partial charge in [0.15, 0.2) is 0 Å². The van der Waals surface area contributed by atoms with E-state index in [1.807, 2.05) is 4.90 Å². The van der Waals surface area contributed by atoms with Crippen molar-refractivity contribution in [3.63, 3.8) is 0 Å². The van der Waals surface area contributed by atoms with E-state index in [1.54, 1.807) is 6.92 Å². The Balaban J connectivity index is 2.52. The first-order chi connectivity index (χ1) is 8.41. The fourth-order valence-corrected chi connectivity index (χ4v) is 3.26. The van der Waals surface area contributed by atoms with E-state index in [-0.39, 0.29) is 11.9 Å². The minimum atomic E-state index is 0.154. The molecule has 0 fully saturated rings. The summed E-state index contributed by atoms with van der Waals surface area (Å²) in [5.41, 5.74) is 0. The molecule has 0 saturated heterocycles. The van der Waals surface area contributed by atoms with Gasteiger partial charge in [0.2, 0.25) is 5.91 Å². The van der Waals surface area contributed by atoms with Crippen LogP contribution in [-0.4, -0.2) is 23.4 Å². The fraction of sp³-hybridized carbons (Fsp3) is 0.667. The molecule has 102 valence electrons. The summed E-state index contributed by atoms with van der Waals surface area (Å²) in [6, 6.07) is 0.275. The van der Waals surface area contributed by atoms with Gasteiger partial charge in [-0.3, -0.25) is 4.79 Å². The first kappa shape index (κ1) is 15.7. The molecule has 1 rings (SSSR count). The molecule has 0 aliphatic heterocycles. The van der Waals surface area contributed by atoms with E-state index in [1.165, 1.54) is 16.4 Å². The molecular weight excluding hydrogens is 337 g/mol.